The van der Waals surface area contributed by atoms with Crippen LogP contribution in [0, 0.1) is 0 Å². The van der Waals surface area contributed by atoms with Gasteiger partial charge in [0.2, 0.25) is 4.96 Å². The Morgan fingerprint density at radius 2 is 2.22 bits per heavy atom. The summed E-state index contributed by atoms with van der Waals surface area (Å²) in [7, 11) is 1.31. The van der Waals surface area contributed by atoms with Crippen LogP contribution in [0.2, 0.25) is 0 Å². The highest BCUT2D eigenvalue weighted by atomic mass is 32.1. The first kappa shape index (κ1) is 12.5. The van der Waals surface area contributed by atoms with Gasteiger partial charge in [0.1, 0.15) is 0 Å². The van der Waals surface area contributed by atoms with Crippen LogP contribution in [0.25, 0.3) is 4.96 Å². The van der Waals surface area contributed by atoms with E-state index in [2.05, 4.69) is 4.98 Å². The fourth-order valence-corrected chi connectivity index (χ4v) is 2.65. The van der Waals surface area contributed by atoms with E-state index < -0.39 is 23.3 Å². The highest BCUT2D eigenvalue weighted by molar-refractivity contribution is 7.15. The number of nitrogens with zero attached hydrogens (tertiary/aromatic N) is 3. The second kappa shape index (κ2) is 4.37. The Morgan fingerprint density at radius 3 is 2.78 bits per heavy atom. The minimum absolute atomic E-state index is 0.220. The lowest BCUT2D eigenvalue weighted by atomic mass is 10.0. The zero-order valence-corrected chi connectivity index (χ0v) is 10.6. The summed E-state index contributed by atoms with van der Waals surface area (Å²) in [5.74, 6) is -1.78. The average molecular weight is 269 g/mol. The Labute approximate surface area is 105 Å². The van der Waals surface area contributed by atoms with Gasteiger partial charge < -0.3 is 5.11 Å². The first-order valence-corrected chi connectivity index (χ1v) is 6.15. The normalized spacial score (nSPS) is 12.8. The molecule has 1 N–H and O–H groups in total. The van der Waals surface area contributed by atoms with Crippen molar-refractivity contribution in [1.82, 2.24) is 14.0 Å². The Hall–Kier alpha value is -1.96. The molecule has 0 saturated carbocycles. The quantitative estimate of drug-likeness (QED) is 0.848. The fourth-order valence-electron chi connectivity index (χ4n) is 1.73. The average Bonchev–Trinajstić information content (AvgIpc) is 2.70. The smallest absolute Gasteiger partial charge is 0.354 e. The molecule has 0 amide bonds. The third kappa shape index (κ3) is 1.74. The number of aromatic nitrogens is 3. The van der Waals surface area contributed by atoms with Crippen molar-refractivity contribution in [1.29, 1.82) is 0 Å². The lowest BCUT2D eigenvalue weighted by Crippen LogP contribution is -2.37. The van der Waals surface area contributed by atoms with E-state index in [1.807, 2.05) is 0 Å². The van der Waals surface area contributed by atoms with Gasteiger partial charge in [-0.05, 0) is 6.42 Å². The number of carboxylic acids is 1. The molecule has 1 unspecified atom stereocenters. The minimum atomic E-state index is -1.00. The van der Waals surface area contributed by atoms with Crippen molar-refractivity contribution in [2.45, 2.75) is 19.3 Å². The second-order valence-corrected chi connectivity index (χ2v) is 4.65. The lowest BCUT2D eigenvalue weighted by molar-refractivity contribution is -0.139. The molecule has 2 aromatic rings. The van der Waals surface area contributed by atoms with Gasteiger partial charge in [-0.25, -0.2) is 18.6 Å². The van der Waals surface area contributed by atoms with Gasteiger partial charge in [0.15, 0.2) is 0 Å². The van der Waals surface area contributed by atoms with Crippen LogP contribution in [0.4, 0.5) is 0 Å². The molecule has 96 valence electrons. The molecule has 18 heavy (non-hydrogen) atoms. The molecule has 0 bridgehead atoms. The standard InChI is InChI=1S/C10H11N3O4S/c1-3-5(7(14)15)6-4-18-9-11-8(16)12(2)10(17)13(6)9/h4-5H,3H2,1-2H3,(H,14,15). The highest BCUT2D eigenvalue weighted by Gasteiger charge is 2.23. The summed E-state index contributed by atoms with van der Waals surface area (Å²) in [6.45, 7) is 1.72. The Balaban J connectivity index is 2.83. The molecular weight excluding hydrogens is 258 g/mol. The summed E-state index contributed by atoms with van der Waals surface area (Å²) in [4.78, 5) is 38.4. The molecule has 2 heterocycles. The number of thiazole rings is 1. The van der Waals surface area contributed by atoms with Crippen LogP contribution in [-0.4, -0.2) is 25.0 Å². The Morgan fingerprint density at radius 1 is 1.56 bits per heavy atom. The van der Waals surface area contributed by atoms with Crippen molar-refractivity contribution in [3.05, 3.63) is 32.0 Å². The number of fused-ring (bicyclic) bond motifs is 1. The van der Waals surface area contributed by atoms with Crippen LogP contribution in [0.3, 0.4) is 0 Å². The second-order valence-electron chi connectivity index (χ2n) is 3.81. The summed E-state index contributed by atoms with van der Waals surface area (Å²) in [6.07, 6.45) is 0.358. The van der Waals surface area contributed by atoms with Crippen molar-refractivity contribution in [3.8, 4) is 0 Å². The van der Waals surface area contributed by atoms with E-state index in [0.717, 1.165) is 15.9 Å². The maximum Gasteiger partial charge on any atom is 0.354 e. The van der Waals surface area contributed by atoms with Crippen LogP contribution >= 0.6 is 11.3 Å². The van der Waals surface area contributed by atoms with E-state index in [-0.39, 0.29) is 4.96 Å². The molecule has 2 aromatic heterocycles. The summed E-state index contributed by atoms with van der Waals surface area (Å²) in [5, 5.41) is 10.7. The molecule has 0 saturated heterocycles. The monoisotopic (exact) mass is 269 g/mol. The highest BCUT2D eigenvalue weighted by Crippen LogP contribution is 2.23. The van der Waals surface area contributed by atoms with Crippen LogP contribution in [0.15, 0.2) is 15.0 Å². The molecule has 0 aliphatic heterocycles. The number of carboxylic acid groups (broad SMARTS) is 1. The minimum Gasteiger partial charge on any atom is -0.481 e. The predicted octanol–water partition coefficient (Wildman–Crippen LogP) is 0.0329. The Bertz CT molecular complexity index is 727. The number of hydrogen-bond acceptors (Lipinski definition) is 5. The van der Waals surface area contributed by atoms with Gasteiger partial charge in [-0.1, -0.05) is 6.92 Å². The molecule has 7 nitrogen and oxygen atoms in total. The van der Waals surface area contributed by atoms with Crippen LogP contribution in [0.5, 0.6) is 0 Å². The number of rotatable bonds is 3. The molecule has 2 rings (SSSR count). The van der Waals surface area contributed by atoms with E-state index in [4.69, 9.17) is 5.11 Å². The van der Waals surface area contributed by atoms with Crippen LogP contribution in [0.1, 0.15) is 25.0 Å². The van der Waals surface area contributed by atoms with Gasteiger partial charge in [0, 0.05) is 12.4 Å². The van der Waals surface area contributed by atoms with Crippen molar-refractivity contribution in [2.75, 3.05) is 0 Å². The third-order valence-corrected chi connectivity index (χ3v) is 3.60. The molecule has 0 aliphatic rings. The van der Waals surface area contributed by atoms with Crippen LogP contribution < -0.4 is 11.4 Å². The van der Waals surface area contributed by atoms with Crippen molar-refractivity contribution in [3.63, 3.8) is 0 Å². The lowest BCUT2D eigenvalue weighted by Gasteiger charge is -2.09. The predicted molar refractivity (Wildman–Crippen MR) is 65.2 cm³/mol. The third-order valence-electron chi connectivity index (χ3n) is 2.75. The van der Waals surface area contributed by atoms with Crippen molar-refractivity contribution in [2.24, 2.45) is 7.05 Å². The number of carbonyl (C=O) groups is 1. The topological polar surface area (TPSA) is 93.7 Å². The van der Waals surface area contributed by atoms with E-state index in [1.54, 1.807) is 12.3 Å². The number of aliphatic carboxylic acids is 1. The molecule has 0 aliphatic carbocycles. The van der Waals surface area contributed by atoms with Gasteiger partial charge in [-0.15, -0.1) is 11.3 Å². The maximum absolute atomic E-state index is 12.0. The molecule has 0 spiro atoms. The van der Waals surface area contributed by atoms with Crippen molar-refractivity contribution >= 4 is 22.3 Å². The van der Waals surface area contributed by atoms with E-state index in [0.29, 0.717) is 12.1 Å². The molecule has 0 aromatic carbocycles. The van der Waals surface area contributed by atoms with Gasteiger partial charge in [-0.3, -0.25) is 4.79 Å². The zero-order valence-electron chi connectivity index (χ0n) is 9.78. The van der Waals surface area contributed by atoms with Crippen molar-refractivity contribution < 1.29 is 9.90 Å². The van der Waals surface area contributed by atoms with E-state index in [1.165, 1.54) is 11.4 Å². The van der Waals surface area contributed by atoms with E-state index >= 15 is 0 Å². The van der Waals surface area contributed by atoms with Gasteiger partial charge in [0.05, 0.1) is 11.6 Å². The molecule has 0 fully saturated rings. The maximum atomic E-state index is 12.0. The largest absolute Gasteiger partial charge is 0.481 e. The van der Waals surface area contributed by atoms with Crippen LogP contribution in [-0.2, 0) is 11.8 Å². The molecule has 0 radical (unpaired) electrons. The molecule has 1 atom stereocenters. The zero-order chi connectivity index (χ0) is 13.4. The van der Waals surface area contributed by atoms with Gasteiger partial charge >= 0.3 is 17.3 Å². The molecule has 8 heteroatoms. The molecular formula is C10H11N3O4S. The van der Waals surface area contributed by atoms with Gasteiger partial charge in [0.25, 0.3) is 0 Å². The first-order chi connectivity index (χ1) is 8.47. The summed E-state index contributed by atoms with van der Waals surface area (Å²) in [6, 6.07) is 0. The van der Waals surface area contributed by atoms with E-state index in [9.17, 15) is 14.4 Å². The first-order valence-electron chi connectivity index (χ1n) is 5.27. The number of hydrogen-bond donors (Lipinski definition) is 1. The Kier molecular flexibility index (Phi) is 3.04. The summed E-state index contributed by atoms with van der Waals surface area (Å²) >= 11 is 1.09. The summed E-state index contributed by atoms with van der Waals surface area (Å²) < 4.78 is 2.05. The van der Waals surface area contributed by atoms with Gasteiger partial charge in [-0.2, -0.15) is 4.98 Å². The fraction of sp³-hybridized carbons (Fsp3) is 0.400. The SMILES string of the molecule is CCC(C(=O)O)c1csc2nc(=O)n(C)c(=O)n12. The summed E-state index contributed by atoms with van der Waals surface area (Å²) in [5.41, 5.74) is -0.851.